The fourth-order valence-electron chi connectivity index (χ4n) is 2.76. The van der Waals surface area contributed by atoms with Crippen LogP contribution in [0.3, 0.4) is 0 Å². The summed E-state index contributed by atoms with van der Waals surface area (Å²) in [6, 6.07) is 2.08. The summed E-state index contributed by atoms with van der Waals surface area (Å²) < 4.78 is 24.3. The summed E-state index contributed by atoms with van der Waals surface area (Å²) in [5.41, 5.74) is -0.223. The van der Waals surface area contributed by atoms with Crippen molar-refractivity contribution in [1.29, 1.82) is 0 Å². The summed E-state index contributed by atoms with van der Waals surface area (Å²) in [6.45, 7) is 0.399. The van der Waals surface area contributed by atoms with E-state index >= 15 is 0 Å². The zero-order chi connectivity index (χ0) is 16.3. The molecule has 0 aliphatic carbocycles. The Morgan fingerprint density at radius 2 is 2.09 bits per heavy atom. The molecule has 1 aliphatic rings. The highest BCUT2D eigenvalue weighted by atomic mass is 19.1. The molecule has 7 heteroatoms. The molecular weight excluding hydrogens is 293 g/mol. The van der Waals surface area contributed by atoms with Gasteiger partial charge in [0.25, 0.3) is 5.91 Å². The second-order valence-electron chi connectivity index (χ2n) is 5.05. The van der Waals surface area contributed by atoms with Crippen LogP contribution in [0, 0.1) is 5.82 Å². The van der Waals surface area contributed by atoms with Crippen LogP contribution >= 0.6 is 0 Å². The van der Waals surface area contributed by atoms with Crippen molar-refractivity contribution in [2.75, 3.05) is 20.8 Å². The van der Waals surface area contributed by atoms with E-state index in [1.165, 1.54) is 25.2 Å². The van der Waals surface area contributed by atoms with Gasteiger partial charge in [-0.05, 0) is 25.0 Å². The quantitative estimate of drug-likeness (QED) is 0.899. The van der Waals surface area contributed by atoms with Crippen LogP contribution in [0.5, 0.6) is 11.5 Å². The maximum atomic E-state index is 14.1. The minimum atomic E-state index is -0.984. The van der Waals surface area contributed by atoms with Gasteiger partial charge in [-0.25, -0.2) is 4.39 Å². The third kappa shape index (κ3) is 2.98. The first-order valence-corrected chi connectivity index (χ1v) is 6.92. The number of nitrogens with zero attached hydrogens (tertiary/aromatic N) is 1. The molecule has 0 aromatic heterocycles. The number of carboxylic acids is 1. The average molecular weight is 311 g/mol. The van der Waals surface area contributed by atoms with Crippen molar-refractivity contribution >= 4 is 11.9 Å². The van der Waals surface area contributed by atoms with Gasteiger partial charge in [0.1, 0.15) is 11.4 Å². The fraction of sp³-hybridized carbons (Fsp3) is 0.467. The van der Waals surface area contributed by atoms with Gasteiger partial charge in [0.2, 0.25) is 0 Å². The Morgan fingerprint density at radius 3 is 2.68 bits per heavy atom. The lowest BCUT2D eigenvalue weighted by Crippen LogP contribution is -2.37. The van der Waals surface area contributed by atoms with Gasteiger partial charge < -0.3 is 19.5 Å². The average Bonchev–Trinajstić information content (AvgIpc) is 2.93. The van der Waals surface area contributed by atoms with Crippen molar-refractivity contribution in [3.8, 4) is 11.5 Å². The summed E-state index contributed by atoms with van der Waals surface area (Å²) in [4.78, 5) is 25.0. The van der Waals surface area contributed by atoms with Gasteiger partial charge in [-0.15, -0.1) is 0 Å². The van der Waals surface area contributed by atoms with E-state index in [2.05, 4.69) is 0 Å². The van der Waals surface area contributed by atoms with E-state index in [1.54, 1.807) is 0 Å². The molecule has 0 bridgehead atoms. The number of rotatable bonds is 5. The Balaban J connectivity index is 2.38. The van der Waals surface area contributed by atoms with Gasteiger partial charge in [0.15, 0.2) is 11.5 Å². The van der Waals surface area contributed by atoms with E-state index in [1.807, 2.05) is 0 Å². The molecule has 1 amide bonds. The van der Waals surface area contributed by atoms with Crippen LogP contribution in [0.2, 0.25) is 0 Å². The SMILES string of the molecule is COc1ccc(F)c(C(=O)N2CCCC2CC(=O)O)c1OC. The highest BCUT2D eigenvalue weighted by Gasteiger charge is 2.34. The molecule has 1 unspecified atom stereocenters. The second-order valence-corrected chi connectivity index (χ2v) is 5.05. The molecule has 0 radical (unpaired) electrons. The van der Waals surface area contributed by atoms with E-state index in [-0.39, 0.29) is 23.5 Å². The largest absolute Gasteiger partial charge is 0.493 e. The van der Waals surface area contributed by atoms with E-state index in [4.69, 9.17) is 14.6 Å². The van der Waals surface area contributed by atoms with Gasteiger partial charge >= 0.3 is 5.97 Å². The summed E-state index contributed by atoms with van der Waals surface area (Å²) >= 11 is 0. The molecule has 22 heavy (non-hydrogen) atoms. The molecular formula is C15H18FNO5. The van der Waals surface area contributed by atoms with Crippen molar-refractivity contribution in [3.05, 3.63) is 23.5 Å². The number of halogens is 1. The van der Waals surface area contributed by atoms with Crippen LogP contribution in [0.15, 0.2) is 12.1 Å². The second kappa shape index (κ2) is 6.64. The molecule has 1 N–H and O–H groups in total. The Bertz CT molecular complexity index is 590. The van der Waals surface area contributed by atoms with Gasteiger partial charge in [0, 0.05) is 12.6 Å². The lowest BCUT2D eigenvalue weighted by Gasteiger charge is -2.25. The minimum absolute atomic E-state index is 0.0217. The number of carbonyl (C=O) groups excluding carboxylic acids is 1. The van der Waals surface area contributed by atoms with Crippen LogP contribution in [0.1, 0.15) is 29.6 Å². The standard InChI is InChI=1S/C15H18FNO5/c1-21-11-6-5-10(16)13(14(11)22-2)15(20)17-7-3-4-9(17)8-12(18)19/h5-6,9H,3-4,7-8H2,1-2H3,(H,18,19). The predicted molar refractivity (Wildman–Crippen MR) is 75.8 cm³/mol. The number of ether oxygens (including phenoxy) is 2. The first-order chi connectivity index (χ1) is 10.5. The molecule has 1 aromatic carbocycles. The number of hydrogen-bond acceptors (Lipinski definition) is 4. The van der Waals surface area contributed by atoms with E-state index in [0.717, 1.165) is 6.07 Å². The first-order valence-electron chi connectivity index (χ1n) is 6.92. The first kappa shape index (κ1) is 16.1. The van der Waals surface area contributed by atoms with Crippen molar-refractivity contribution in [2.45, 2.75) is 25.3 Å². The number of benzene rings is 1. The smallest absolute Gasteiger partial charge is 0.305 e. The fourth-order valence-corrected chi connectivity index (χ4v) is 2.76. The molecule has 1 aliphatic heterocycles. The van der Waals surface area contributed by atoms with E-state index < -0.39 is 23.7 Å². The number of likely N-dealkylation sites (tertiary alicyclic amines) is 1. The summed E-state index contributed by atoms with van der Waals surface area (Å²) in [6.07, 6.45) is 1.13. The van der Waals surface area contributed by atoms with Crippen LogP contribution in [-0.2, 0) is 4.79 Å². The zero-order valence-corrected chi connectivity index (χ0v) is 12.5. The van der Waals surface area contributed by atoms with Crippen LogP contribution in [0.25, 0.3) is 0 Å². The number of carbonyl (C=O) groups is 2. The van der Waals surface area contributed by atoms with E-state index in [9.17, 15) is 14.0 Å². The third-order valence-electron chi connectivity index (χ3n) is 3.76. The summed E-state index contributed by atoms with van der Waals surface area (Å²) in [5.74, 6) is -2.00. The zero-order valence-electron chi connectivity index (χ0n) is 12.5. The van der Waals surface area contributed by atoms with Crippen molar-refractivity contribution in [3.63, 3.8) is 0 Å². The Labute approximate surface area is 127 Å². The maximum absolute atomic E-state index is 14.1. The van der Waals surface area contributed by atoms with Gasteiger partial charge in [-0.3, -0.25) is 9.59 Å². The molecule has 120 valence electrons. The number of aliphatic carboxylic acids is 1. The van der Waals surface area contributed by atoms with Crippen molar-refractivity contribution in [2.24, 2.45) is 0 Å². The Morgan fingerprint density at radius 1 is 1.36 bits per heavy atom. The molecule has 1 aromatic rings. The summed E-state index contributed by atoms with van der Waals surface area (Å²) in [5, 5.41) is 8.92. The predicted octanol–water partition coefficient (Wildman–Crippen LogP) is 1.92. The van der Waals surface area contributed by atoms with E-state index in [0.29, 0.717) is 19.4 Å². The van der Waals surface area contributed by atoms with Crippen molar-refractivity contribution in [1.82, 2.24) is 4.90 Å². The molecule has 1 heterocycles. The molecule has 1 saturated heterocycles. The monoisotopic (exact) mass is 311 g/mol. The molecule has 6 nitrogen and oxygen atoms in total. The molecule has 0 spiro atoms. The van der Waals surface area contributed by atoms with Gasteiger partial charge in [-0.2, -0.15) is 0 Å². The Hall–Kier alpha value is -2.31. The summed E-state index contributed by atoms with van der Waals surface area (Å²) in [7, 11) is 2.72. The lowest BCUT2D eigenvalue weighted by atomic mass is 10.1. The van der Waals surface area contributed by atoms with Crippen LogP contribution in [-0.4, -0.2) is 48.7 Å². The molecule has 0 saturated carbocycles. The van der Waals surface area contributed by atoms with Gasteiger partial charge in [-0.1, -0.05) is 0 Å². The third-order valence-corrected chi connectivity index (χ3v) is 3.76. The van der Waals surface area contributed by atoms with Crippen LogP contribution in [0.4, 0.5) is 4.39 Å². The lowest BCUT2D eigenvalue weighted by molar-refractivity contribution is -0.137. The molecule has 1 atom stereocenters. The maximum Gasteiger partial charge on any atom is 0.305 e. The number of amides is 1. The molecule has 1 fully saturated rings. The van der Waals surface area contributed by atoms with Crippen LogP contribution < -0.4 is 9.47 Å². The topological polar surface area (TPSA) is 76.1 Å². The van der Waals surface area contributed by atoms with Gasteiger partial charge in [0.05, 0.1) is 20.6 Å². The Kier molecular flexibility index (Phi) is 4.85. The number of hydrogen-bond donors (Lipinski definition) is 1. The van der Waals surface area contributed by atoms with Crippen molar-refractivity contribution < 1.29 is 28.6 Å². The molecule has 2 rings (SSSR count). The minimum Gasteiger partial charge on any atom is -0.493 e. The number of methoxy groups -OCH3 is 2. The highest BCUT2D eigenvalue weighted by molar-refractivity contribution is 5.98. The number of carboxylic acid groups (broad SMARTS) is 1. The normalized spacial score (nSPS) is 17.4. The highest BCUT2D eigenvalue weighted by Crippen LogP contribution is 2.35.